The van der Waals surface area contributed by atoms with Crippen LogP contribution in [0.15, 0.2) is 34.6 Å². The quantitative estimate of drug-likeness (QED) is 0.373. The highest BCUT2D eigenvalue weighted by Crippen LogP contribution is 2.39. The van der Waals surface area contributed by atoms with Gasteiger partial charge in [0.15, 0.2) is 0 Å². The molecule has 0 bridgehead atoms. The van der Waals surface area contributed by atoms with Crippen LogP contribution in [0.2, 0.25) is 0 Å². The SMILES string of the molecule is CCOC(=O)c1c(-c2ccc(OC)cc2)csc1N=CC1C(=O)CC(C)(C)CC1=O. The van der Waals surface area contributed by atoms with Crippen molar-refractivity contribution in [3.63, 3.8) is 0 Å². The minimum atomic E-state index is -0.861. The van der Waals surface area contributed by atoms with E-state index in [2.05, 4.69) is 4.99 Å². The molecule has 30 heavy (non-hydrogen) atoms. The molecule has 1 saturated carbocycles. The normalized spacial score (nSPS) is 16.8. The molecule has 158 valence electrons. The molecular formula is C23H25NO5S. The van der Waals surface area contributed by atoms with E-state index in [0.717, 1.165) is 5.56 Å². The highest BCUT2D eigenvalue weighted by atomic mass is 32.1. The molecule has 0 N–H and O–H groups in total. The van der Waals surface area contributed by atoms with Crippen molar-refractivity contribution >= 4 is 40.1 Å². The van der Waals surface area contributed by atoms with Crippen LogP contribution in [0, 0.1) is 11.3 Å². The number of methoxy groups -OCH3 is 1. The van der Waals surface area contributed by atoms with Crippen molar-refractivity contribution in [2.75, 3.05) is 13.7 Å². The van der Waals surface area contributed by atoms with Crippen LogP contribution in [0.25, 0.3) is 11.1 Å². The van der Waals surface area contributed by atoms with E-state index in [1.165, 1.54) is 17.6 Å². The lowest BCUT2D eigenvalue weighted by atomic mass is 9.72. The lowest BCUT2D eigenvalue weighted by molar-refractivity contribution is -0.136. The summed E-state index contributed by atoms with van der Waals surface area (Å²) in [4.78, 5) is 41.9. The highest BCUT2D eigenvalue weighted by molar-refractivity contribution is 7.14. The minimum absolute atomic E-state index is 0.135. The smallest absolute Gasteiger partial charge is 0.341 e. The van der Waals surface area contributed by atoms with E-state index in [4.69, 9.17) is 9.47 Å². The Morgan fingerprint density at radius 3 is 2.40 bits per heavy atom. The van der Waals surface area contributed by atoms with Gasteiger partial charge in [-0.15, -0.1) is 11.3 Å². The van der Waals surface area contributed by atoms with E-state index in [-0.39, 0.29) is 23.6 Å². The fourth-order valence-corrected chi connectivity index (χ4v) is 4.46. The molecule has 0 radical (unpaired) electrons. The molecule has 0 saturated heterocycles. The molecule has 0 atom stereocenters. The summed E-state index contributed by atoms with van der Waals surface area (Å²) in [6.07, 6.45) is 2.05. The van der Waals surface area contributed by atoms with E-state index in [1.54, 1.807) is 14.0 Å². The van der Waals surface area contributed by atoms with Crippen molar-refractivity contribution in [2.45, 2.75) is 33.6 Å². The second-order valence-corrected chi connectivity index (χ2v) is 8.84. The van der Waals surface area contributed by atoms with E-state index in [1.807, 2.05) is 43.5 Å². The van der Waals surface area contributed by atoms with E-state index < -0.39 is 11.9 Å². The number of esters is 1. The van der Waals surface area contributed by atoms with Gasteiger partial charge in [-0.3, -0.25) is 9.59 Å². The number of carbonyl (C=O) groups is 3. The summed E-state index contributed by atoms with van der Waals surface area (Å²) in [5.41, 5.74) is 1.53. The summed E-state index contributed by atoms with van der Waals surface area (Å²) < 4.78 is 10.4. The van der Waals surface area contributed by atoms with Crippen LogP contribution in [-0.2, 0) is 14.3 Å². The molecule has 1 aliphatic rings. The van der Waals surface area contributed by atoms with Crippen molar-refractivity contribution in [3.8, 4) is 16.9 Å². The zero-order valence-corrected chi connectivity index (χ0v) is 18.4. The molecule has 2 aromatic rings. The predicted octanol–water partition coefficient (Wildman–Crippen LogP) is 4.88. The third-order valence-corrected chi connectivity index (χ3v) is 5.88. The molecule has 0 unspecified atom stereocenters. The van der Waals surface area contributed by atoms with Crippen molar-refractivity contribution in [1.82, 2.24) is 0 Å². The first kappa shape index (κ1) is 21.9. The average Bonchev–Trinajstić information content (AvgIpc) is 3.10. The Morgan fingerprint density at radius 2 is 1.83 bits per heavy atom. The lowest BCUT2D eigenvalue weighted by Crippen LogP contribution is -2.38. The number of benzene rings is 1. The Kier molecular flexibility index (Phi) is 6.51. The minimum Gasteiger partial charge on any atom is -0.497 e. The van der Waals surface area contributed by atoms with Gasteiger partial charge in [0.05, 0.1) is 13.7 Å². The number of ketones is 2. The molecule has 0 spiro atoms. The van der Waals surface area contributed by atoms with Gasteiger partial charge in [-0.1, -0.05) is 26.0 Å². The highest BCUT2D eigenvalue weighted by Gasteiger charge is 2.38. The Bertz CT molecular complexity index is 968. The van der Waals surface area contributed by atoms with Gasteiger partial charge < -0.3 is 9.47 Å². The van der Waals surface area contributed by atoms with E-state index >= 15 is 0 Å². The Labute approximate surface area is 179 Å². The molecule has 1 heterocycles. The Morgan fingerprint density at radius 1 is 1.20 bits per heavy atom. The first-order valence-electron chi connectivity index (χ1n) is 9.78. The first-order chi connectivity index (χ1) is 14.3. The number of ether oxygens (including phenoxy) is 2. The monoisotopic (exact) mass is 427 g/mol. The molecule has 6 nitrogen and oxygen atoms in total. The van der Waals surface area contributed by atoms with Crippen LogP contribution in [0.3, 0.4) is 0 Å². The fourth-order valence-electron chi connectivity index (χ4n) is 3.54. The summed E-state index contributed by atoms with van der Waals surface area (Å²) in [6.45, 7) is 5.79. The molecule has 0 aliphatic heterocycles. The van der Waals surface area contributed by atoms with Crippen LogP contribution >= 0.6 is 11.3 Å². The largest absolute Gasteiger partial charge is 0.497 e. The number of carbonyl (C=O) groups excluding carboxylic acids is 3. The van der Waals surface area contributed by atoms with Crippen molar-refractivity contribution in [1.29, 1.82) is 0 Å². The van der Waals surface area contributed by atoms with Gasteiger partial charge >= 0.3 is 5.97 Å². The molecule has 1 aromatic heterocycles. The predicted molar refractivity (Wildman–Crippen MR) is 117 cm³/mol. The number of rotatable bonds is 6. The van der Waals surface area contributed by atoms with Gasteiger partial charge in [0.1, 0.15) is 33.8 Å². The van der Waals surface area contributed by atoms with E-state index in [0.29, 0.717) is 34.7 Å². The number of hydrogen-bond acceptors (Lipinski definition) is 7. The summed E-state index contributed by atoms with van der Waals surface area (Å²) in [5.74, 6) is -0.907. The number of nitrogens with zero attached hydrogens (tertiary/aromatic N) is 1. The first-order valence-corrected chi connectivity index (χ1v) is 10.7. The second kappa shape index (κ2) is 8.92. The van der Waals surface area contributed by atoms with Crippen LogP contribution in [-0.4, -0.2) is 37.5 Å². The summed E-state index contributed by atoms with van der Waals surface area (Å²) in [6, 6.07) is 7.33. The molecule has 1 aliphatic carbocycles. The Balaban J connectivity index is 1.95. The number of thiophene rings is 1. The number of hydrogen-bond donors (Lipinski definition) is 0. The zero-order chi connectivity index (χ0) is 21.9. The maximum atomic E-state index is 12.7. The van der Waals surface area contributed by atoms with Crippen LogP contribution < -0.4 is 4.74 Å². The van der Waals surface area contributed by atoms with Gasteiger partial charge in [-0.25, -0.2) is 9.79 Å². The molecular weight excluding hydrogens is 402 g/mol. The Hall–Kier alpha value is -2.80. The van der Waals surface area contributed by atoms with Gasteiger partial charge in [-0.05, 0) is 30.0 Å². The van der Waals surface area contributed by atoms with Crippen LogP contribution in [0.1, 0.15) is 44.0 Å². The topological polar surface area (TPSA) is 82.0 Å². The summed E-state index contributed by atoms with van der Waals surface area (Å²) in [5, 5.41) is 2.25. The molecule has 3 rings (SSSR count). The van der Waals surface area contributed by atoms with Crippen molar-refractivity contribution in [2.24, 2.45) is 16.3 Å². The van der Waals surface area contributed by atoms with E-state index in [9.17, 15) is 14.4 Å². The molecule has 7 heteroatoms. The number of Topliss-reactive ketones (excluding diaryl/α,β-unsaturated/α-hetero) is 2. The van der Waals surface area contributed by atoms with Crippen molar-refractivity contribution < 1.29 is 23.9 Å². The molecule has 1 fully saturated rings. The summed E-state index contributed by atoms with van der Waals surface area (Å²) >= 11 is 1.27. The van der Waals surface area contributed by atoms with Crippen LogP contribution in [0.5, 0.6) is 5.75 Å². The van der Waals surface area contributed by atoms with Gasteiger partial charge in [0.25, 0.3) is 0 Å². The van der Waals surface area contributed by atoms with Gasteiger partial charge in [0.2, 0.25) is 0 Å². The van der Waals surface area contributed by atoms with Crippen molar-refractivity contribution in [3.05, 3.63) is 35.2 Å². The fraction of sp³-hybridized carbons (Fsp3) is 0.391. The number of aliphatic imine (C=N–C) groups is 1. The average molecular weight is 428 g/mol. The molecule has 0 amide bonds. The van der Waals surface area contributed by atoms with Crippen LogP contribution in [0.4, 0.5) is 5.00 Å². The lowest BCUT2D eigenvalue weighted by Gasteiger charge is -2.30. The maximum Gasteiger partial charge on any atom is 0.341 e. The summed E-state index contributed by atoms with van der Waals surface area (Å²) in [7, 11) is 1.59. The van der Waals surface area contributed by atoms with Gasteiger partial charge in [-0.2, -0.15) is 0 Å². The third-order valence-electron chi connectivity index (χ3n) is 4.99. The molecule has 1 aromatic carbocycles. The zero-order valence-electron chi connectivity index (χ0n) is 17.6. The second-order valence-electron chi connectivity index (χ2n) is 7.98. The maximum absolute atomic E-state index is 12.7. The third kappa shape index (κ3) is 4.67. The standard InChI is InChI=1S/C23H25NO5S/c1-5-29-22(27)20-17(14-6-8-15(28-4)9-7-14)13-30-21(20)24-12-16-18(25)10-23(2,3)11-19(16)26/h6-9,12-13,16H,5,10-11H2,1-4H3. The van der Waals surface area contributed by atoms with Gasteiger partial charge in [0, 0.05) is 30.0 Å².